The van der Waals surface area contributed by atoms with Crippen LogP contribution in [-0.4, -0.2) is 0 Å². The van der Waals surface area contributed by atoms with E-state index in [4.69, 9.17) is 0 Å². The fourth-order valence-electron chi connectivity index (χ4n) is 6.38. The molecule has 0 bridgehead atoms. The molecule has 0 nitrogen and oxygen atoms in total. The average Bonchev–Trinajstić information content (AvgIpc) is 2.64. The van der Waals surface area contributed by atoms with Gasteiger partial charge in [0.1, 0.15) is 5.82 Å². The molecule has 4 atom stereocenters. The highest BCUT2D eigenvalue weighted by atomic mass is 19.1. The maximum Gasteiger partial charge on any atom is 0.126 e. The molecular formula is C24H35F. The minimum absolute atomic E-state index is 0.0236. The summed E-state index contributed by atoms with van der Waals surface area (Å²) in [6, 6.07) is 5.93. The molecule has 0 saturated heterocycles. The van der Waals surface area contributed by atoms with E-state index in [9.17, 15) is 4.39 Å². The molecule has 0 spiro atoms. The maximum atomic E-state index is 13.9. The summed E-state index contributed by atoms with van der Waals surface area (Å²) >= 11 is 0. The molecule has 3 aliphatic carbocycles. The quantitative estimate of drug-likeness (QED) is 0.530. The lowest BCUT2D eigenvalue weighted by molar-refractivity contribution is 0.0672. The van der Waals surface area contributed by atoms with Gasteiger partial charge in [-0.2, -0.15) is 0 Å². The summed E-state index contributed by atoms with van der Waals surface area (Å²) in [7, 11) is 0. The lowest BCUT2D eigenvalue weighted by Gasteiger charge is -2.45. The van der Waals surface area contributed by atoms with Crippen LogP contribution >= 0.6 is 0 Å². The number of hydrogen-bond acceptors (Lipinski definition) is 0. The van der Waals surface area contributed by atoms with Gasteiger partial charge < -0.3 is 0 Å². The zero-order chi connectivity index (χ0) is 17.4. The molecule has 138 valence electrons. The highest BCUT2D eigenvalue weighted by Crippen LogP contribution is 2.49. The van der Waals surface area contributed by atoms with Crippen LogP contribution in [0.25, 0.3) is 0 Å². The highest BCUT2D eigenvalue weighted by molar-refractivity contribution is 5.26. The van der Waals surface area contributed by atoms with E-state index in [0.29, 0.717) is 5.92 Å². The van der Waals surface area contributed by atoms with Gasteiger partial charge in [-0.05, 0) is 117 Å². The Morgan fingerprint density at radius 2 is 1.36 bits per heavy atom. The standard InChI is InChI=1S/C24H35F/c1-16-3-5-22-14-21(12-11-20(22)13-16)18-7-9-19(10-8-18)23-6-4-17(2)24(25)15-23/h4,6,15-16,18-22H,3,5,7-14H2,1-2H3. The predicted molar refractivity (Wildman–Crippen MR) is 103 cm³/mol. The van der Waals surface area contributed by atoms with Gasteiger partial charge in [0.15, 0.2) is 0 Å². The van der Waals surface area contributed by atoms with Gasteiger partial charge >= 0.3 is 0 Å². The van der Waals surface area contributed by atoms with Gasteiger partial charge in [-0.25, -0.2) is 4.39 Å². The molecule has 3 fully saturated rings. The van der Waals surface area contributed by atoms with Crippen LogP contribution in [0.2, 0.25) is 0 Å². The third-order valence-corrected chi connectivity index (χ3v) is 8.02. The van der Waals surface area contributed by atoms with Crippen LogP contribution in [0.5, 0.6) is 0 Å². The van der Waals surface area contributed by atoms with Crippen LogP contribution in [0.3, 0.4) is 0 Å². The molecule has 1 heteroatoms. The molecule has 4 rings (SSSR count). The van der Waals surface area contributed by atoms with Gasteiger partial charge in [-0.3, -0.25) is 0 Å². The van der Waals surface area contributed by atoms with E-state index in [1.165, 1.54) is 69.8 Å². The Bertz CT molecular complexity index is 584. The monoisotopic (exact) mass is 342 g/mol. The second-order valence-electron chi connectivity index (χ2n) is 9.63. The van der Waals surface area contributed by atoms with Crippen molar-refractivity contribution in [3.8, 4) is 0 Å². The highest BCUT2D eigenvalue weighted by Gasteiger charge is 2.38. The Morgan fingerprint density at radius 3 is 2.08 bits per heavy atom. The van der Waals surface area contributed by atoms with Gasteiger partial charge in [0.2, 0.25) is 0 Å². The van der Waals surface area contributed by atoms with E-state index in [1.807, 2.05) is 13.0 Å². The smallest absolute Gasteiger partial charge is 0.126 e. The normalized spacial score (nSPS) is 39.0. The van der Waals surface area contributed by atoms with Crippen molar-refractivity contribution in [3.05, 3.63) is 35.1 Å². The molecular weight excluding hydrogens is 307 g/mol. The first kappa shape index (κ1) is 17.6. The Labute approximate surface area is 153 Å². The van der Waals surface area contributed by atoms with Crippen LogP contribution < -0.4 is 0 Å². The van der Waals surface area contributed by atoms with Crippen molar-refractivity contribution in [2.45, 2.75) is 84.0 Å². The number of halogens is 1. The SMILES string of the molecule is Cc1ccc(C2CCC(C3CCC4CC(C)CCC4C3)CC2)cc1F. The largest absolute Gasteiger partial charge is 0.207 e. The van der Waals surface area contributed by atoms with Gasteiger partial charge in [0.25, 0.3) is 0 Å². The topological polar surface area (TPSA) is 0 Å². The van der Waals surface area contributed by atoms with Gasteiger partial charge in [-0.1, -0.05) is 25.5 Å². The lowest BCUT2D eigenvalue weighted by Crippen LogP contribution is -2.34. The van der Waals surface area contributed by atoms with E-state index in [-0.39, 0.29) is 5.82 Å². The summed E-state index contributed by atoms with van der Waals surface area (Å²) in [5.41, 5.74) is 2.02. The second-order valence-corrected chi connectivity index (χ2v) is 9.63. The average molecular weight is 343 g/mol. The maximum absolute atomic E-state index is 13.9. The molecule has 1 aromatic carbocycles. The predicted octanol–water partition coefficient (Wildman–Crippen LogP) is 7.26. The van der Waals surface area contributed by atoms with Crippen LogP contribution in [0.15, 0.2) is 18.2 Å². The molecule has 3 saturated carbocycles. The summed E-state index contributed by atoms with van der Waals surface area (Å²) in [5.74, 6) is 5.58. The van der Waals surface area contributed by atoms with Crippen molar-refractivity contribution in [2.24, 2.45) is 29.6 Å². The van der Waals surface area contributed by atoms with Crippen LogP contribution in [0.4, 0.5) is 4.39 Å². The number of hydrogen-bond donors (Lipinski definition) is 0. The third-order valence-electron chi connectivity index (χ3n) is 8.02. The Morgan fingerprint density at radius 1 is 0.760 bits per heavy atom. The number of aryl methyl sites for hydroxylation is 1. The molecule has 0 aliphatic heterocycles. The summed E-state index contributed by atoms with van der Waals surface area (Å²) in [5, 5.41) is 0. The molecule has 25 heavy (non-hydrogen) atoms. The van der Waals surface area contributed by atoms with E-state index in [2.05, 4.69) is 13.0 Å². The minimum Gasteiger partial charge on any atom is -0.207 e. The van der Waals surface area contributed by atoms with Crippen molar-refractivity contribution < 1.29 is 4.39 Å². The fraction of sp³-hybridized carbons (Fsp3) is 0.750. The summed E-state index contributed by atoms with van der Waals surface area (Å²) < 4.78 is 13.9. The number of rotatable bonds is 2. The van der Waals surface area contributed by atoms with Crippen molar-refractivity contribution in [2.75, 3.05) is 0 Å². The van der Waals surface area contributed by atoms with E-state index in [0.717, 1.165) is 35.2 Å². The van der Waals surface area contributed by atoms with Crippen molar-refractivity contribution in [1.82, 2.24) is 0 Å². The second kappa shape index (κ2) is 7.41. The van der Waals surface area contributed by atoms with Gasteiger partial charge in [-0.15, -0.1) is 0 Å². The van der Waals surface area contributed by atoms with Crippen molar-refractivity contribution in [1.29, 1.82) is 0 Å². The van der Waals surface area contributed by atoms with Crippen molar-refractivity contribution in [3.63, 3.8) is 0 Å². The molecule has 0 heterocycles. The molecule has 0 amide bonds. The Kier molecular flexibility index (Phi) is 5.20. The van der Waals surface area contributed by atoms with Gasteiger partial charge in [0.05, 0.1) is 0 Å². The molecule has 1 aromatic rings. The van der Waals surface area contributed by atoms with E-state index >= 15 is 0 Å². The number of benzene rings is 1. The zero-order valence-electron chi connectivity index (χ0n) is 16.1. The minimum atomic E-state index is -0.0236. The summed E-state index contributed by atoms with van der Waals surface area (Å²) in [6.45, 7) is 4.32. The fourth-order valence-corrected chi connectivity index (χ4v) is 6.38. The molecule has 0 aromatic heterocycles. The number of fused-ring (bicyclic) bond motifs is 1. The Balaban J connectivity index is 1.32. The summed E-state index contributed by atoms with van der Waals surface area (Å²) in [6.07, 6.45) is 14.3. The first-order valence-corrected chi connectivity index (χ1v) is 10.9. The summed E-state index contributed by atoms with van der Waals surface area (Å²) in [4.78, 5) is 0. The van der Waals surface area contributed by atoms with E-state index in [1.54, 1.807) is 6.07 Å². The third kappa shape index (κ3) is 3.81. The van der Waals surface area contributed by atoms with Crippen LogP contribution in [0.1, 0.15) is 88.2 Å². The lowest BCUT2D eigenvalue weighted by atomic mass is 9.61. The molecule has 0 N–H and O–H groups in total. The van der Waals surface area contributed by atoms with Gasteiger partial charge in [0, 0.05) is 0 Å². The molecule has 4 unspecified atom stereocenters. The first-order chi connectivity index (χ1) is 12.1. The Hall–Kier alpha value is -0.850. The van der Waals surface area contributed by atoms with Crippen LogP contribution in [0, 0.1) is 42.3 Å². The van der Waals surface area contributed by atoms with E-state index < -0.39 is 0 Å². The zero-order valence-corrected chi connectivity index (χ0v) is 16.1. The molecule has 0 radical (unpaired) electrons. The van der Waals surface area contributed by atoms with Crippen LogP contribution in [-0.2, 0) is 0 Å². The first-order valence-electron chi connectivity index (χ1n) is 10.9. The van der Waals surface area contributed by atoms with Crippen molar-refractivity contribution >= 4 is 0 Å². The molecule has 3 aliphatic rings.